The zero-order chi connectivity index (χ0) is 15.6. The molecule has 0 unspecified atom stereocenters. The highest BCUT2D eigenvalue weighted by atomic mass is 35.5. The number of halogens is 1. The minimum Gasteiger partial charge on any atom is -0.492 e. The van der Waals surface area contributed by atoms with Crippen LogP contribution in [-0.2, 0) is 10.0 Å². The third-order valence-electron chi connectivity index (χ3n) is 2.91. The van der Waals surface area contributed by atoms with Crippen LogP contribution in [0.1, 0.15) is 32.5 Å². The summed E-state index contributed by atoms with van der Waals surface area (Å²) in [5.41, 5.74) is 0. The Morgan fingerprint density at radius 2 is 2.10 bits per heavy atom. The molecule has 5 nitrogen and oxygen atoms in total. The van der Waals surface area contributed by atoms with Gasteiger partial charge in [0.1, 0.15) is 11.6 Å². The van der Waals surface area contributed by atoms with Gasteiger partial charge in [0.15, 0.2) is 0 Å². The molecule has 0 bridgehead atoms. The van der Waals surface area contributed by atoms with Gasteiger partial charge in [0.25, 0.3) is 10.0 Å². The lowest BCUT2D eigenvalue weighted by atomic mass is 10.2. The molecule has 1 aromatic heterocycles. The van der Waals surface area contributed by atoms with Gasteiger partial charge in [-0.1, -0.05) is 25.4 Å². The second-order valence-corrected chi connectivity index (χ2v) is 6.99. The summed E-state index contributed by atoms with van der Waals surface area (Å²) in [7, 11) is -3.71. The summed E-state index contributed by atoms with van der Waals surface area (Å²) >= 11 is 5.99. The van der Waals surface area contributed by atoms with E-state index in [0.717, 1.165) is 0 Å². The van der Waals surface area contributed by atoms with Crippen LogP contribution in [0.25, 0.3) is 0 Å². The molecule has 114 valence electrons. The molecule has 1 heterocycles. The highest BCUT2D eigenvalue weighted by Crippen LogP contribution is 2.29. The molecule has 0 atom stereocenters. The monoisotopic (exact) mass is 328 g/mol. The summed E-state index contributed by atoms with van der Waals surface area (Å²) in [5.74, 6) is 0.836. The maximum atomic E-state index is 12.7. The molecule has 0 aliphatic rings. The van der Waals surface area contributed by atoms with Gasteiger partial charge in [-0.3, -0.25) is 0 Å². The molecule has 2 rings (SSSR count). The molecule has 1 aromatic carbocycles. The van der Waals surface area contributed by atoms with Gasteiger partial charge in [0, 0.05) is 24.4 Å². The summed E-state index contributed by atoms with van der Waals surface area (Å²) in [6, 6.07) is 4.42. The number of nitrogens with zero attached hydrogens (tertiary/aromatic N) is 2. The molecule has 0 radical (unpaired) electrons. The van der Waals surface area contributed by atoms with Gasteiger partial charge < -0.3 is 4.74 Å². The zero-order valence-electron chi connectivity index (χ0n) is 12.1. The first-order chi connectivity index (χ1) is 9.87. The van der Waals surface area contributed by atoms with Crippen LogP contribution in [0.3, 0.4) is 0 Å². The standard InChI is InChI=1S/C14H17ClN2O3S/c1-4-20-13-9-11(5-6-12(13)15)21(18,19)17-8-7-16-14(17)10(2)3/h5-10H,4H2,1-3H3. The van der Waals surface area contributed by atoms with Crippen LogP contribution in [0.5, 0.6) is 5.75 Å². The van der Waals surface area contributed by atoms with Crippen molar-refractivity contribution in [1.82, 2.24) is 8.96 Å². The summed E-state index contributed by atoms with van der Waals surface area (Å²) in [4.78, 5) is 4.23. The predicted molar refractivity (Wildman–Crippen MR) is 81.5 cm³/mol. The van der Waals surface area contributed by atoms with E-state index in [1.807, 2.05) is 20.8 Å². The van der Waals surface area contributed by atoms with E-state index in [-0.39, 0.29) is 10.8 Å². The molecule has 0 saturated heterocycles. The second kappa shape index (κ2) is 6.07. The molecular formula is C14H17ClN2O3S. The third-order valence-corrected chi connectivity index (χ3v) is 4.90. The van der Waals surface area contributed by atoms with Gasteiger partial charge >= 0.3 is 0 Å². The number of rotatable bonds is 5. The second-order valence-electron chi connectivity index (χ2n) is 4.77. The molecule has 0 N–H and O–H groups in total. The Hall–Kier alpha value is -1.53. The van der Waals surface area contributed by atoms with Gasteiger partial charge in [-0.15, -0.1) is 0 Å². The highest BCUT2D eigenvalue weighted by molar-refractivity contribution is 7.90. The van der Waals surface area contributed by atoms with Gasteiger partial charge in [-0.2, -0.15) is 0 Å². The van der Waals surface area contributed by atoms with Crippen molar-refractivity contribution in [1.29, 1.82) is 0 Å². The Morgan fingerprint density at radius 3 is 2.71 bits per heavy atom. The van der Waals surface area contributed by atoms with Crippen LogP contribution < -0.4 is 4.74 Å². The number of imidazole rings is 1. The van der Waals surface area contributed by atoms with E-state index in [9.17, 15) is 8.42 Å². The van der Waals surface area contributed by atoms with Crippen molar-refractivity contribution in [3.8, 4) is 5.75 Å². The van der Waals surface area contributed by atoms with Crippen molar-refractivity contribution in [3.05, 3.63) is 41.4 Å². The Morgan fingerprint density at radius 1 is 1.38 bits per heavy atom. The Labute approximate surface area is 129 Å². The Bertz CT molecular complexity index is 738. The van der Waals surface area contributed by atoms with Crippen molar-refractivity contribution >= 4 is 21.6 Å². The number of benzene rings is 1. The average molecular weight is 329 g/mol. The lowest BCUT2D eigenvalue weighted by Crippen LogP contribution is -2.16. The van der Waals surface area contributed by atoms with Crippen molar-refractivity contribution in [2.24, 2.45) is 0 Å². The van der Waals surface area contributed by atoms with Crippen LogP contribution >= 0.6 is 11.6 Å². The number of ether oxygens (including phenoxy) is 1. The fourth-order valence-corrected chi connectivity index (χ4v) is 3.55. The summed E-state index contributed by atoms with van der Waals surface area (Å²) in [6.07, 6.45) is 2.92. The Kier molecular flexibility index (Phi) is 4.58. The first-order valence-corrected chi connectivity index (χ1v) is 8.41. The summed E-state index contributed by atoms with van der Waals surface area (Å²) in [6.45, 7) is 6.00. The minimum atomic E-state index is -3.71. The quantitative estimate of drug-likeness (QED) is 0.845. The van der Waals surface area contributed by atoms with Crippen LogP contribution in [0.2, 0.25) is 5.02 Å². The highest BCUT2D eigenvalue weighted by Gasteiger charge is 2.22. The molecule has 0 amide bonds. The number of hydrogen-bond acceptors (Lipinski definition) is 4. The Balaban J connectivity index is 2.54. The molecule has 0 aliphatic heterocycles. The van der Waals surface area contributed by atoms with Gasteiger partial charge in [-0.25, -0.2) is 17.4 Å². The van der Waals surface area contributed by atoms with Crippen LogP contribution in [0.4, 0.5) is 0 Å². The SMILES string of the molecule is CCOc1cc(S(=O)(=O)n2ccnc2C(C)C)ccc1Cl. The lowest BCUT2D eigenvalue weighted by molar-refractivity contribution is 0.339. The van der Waals surface area contributed by atoms with E-state index < -0.39 is 10.0 Å². The maximum absolute atomic E-state index is 12.7. The summed E-state index contributed by atoms with van der Waals surface area (Å²) in [5, 5.41) is 0.380. The fraction of sp³-hybridized carbons (Fsp3) is 0.357. The van der Waals surface area contributed by atoms with Crippen LogP contribution in [-0.4, -0.2) is 24.0 Å². The maximum Gasteiger partial charge on any atom is 0.269 e. The predicted octanol–water partition coefficient (Wildman–Crippen LogP) is 3.30. The lowest BCUT2D eigenvalue weighted by Gasteiger charge is -2.13. The number of hydrogen-bond donors (Lipinski definition) is 0. The average Bonchev–Trinajstić information content (AvgIpc) is 2.91. The van der Waals surface area contributed by atoms with Gasteiger partial charge in [0.05, 0.1) is 16.5 Å². The largest absolute Gasteiger partial charge is 0.492 e. The summed E-state index contributed by atoms with van der Waals surface area (Å²) < 4.78 is 32.0. The van der Waals surface area contributed by atoms with Crippen molar-refractivity contribution in [3.63, 3.8) is 0 Å². The van der Waals surface area contributed by atoms with E-state index in [0.29, 0.717) is 23.2 Å². The van der Waals surface area contributed by atoms with Gasteiger partial charge in [-0.05, 0) is 19.1 Å². The fourth-order valence-electron chi connectivity index (χ4n) is 1.93. The van der Waals surface area contributed by atoms with E-state index >= 15 is 0 Å². The smallest absolute Gasteiger partial charge is 0.269 e. The molecule has 0 aliphatic carbocycles. The van der Waals surface area contributed by atoms with E-state index in [1.165, 1.54) is 34.6 Å². The molecule has 0 fully saturated rings. The van der Waals surface area contributed by atoms with Crippen molar-refractivity contribution in [2.45, 2.75) is 31.6 Å². The molecule has 7 heteroatoms. The molecular weight excluding hydrogens is 312 g/mol. The van der Waals surface area contributed by atoms with E-state index in [2.05, 4.69) is 4.98 Å². The molecule has 2 aromatic rings. The third kappa shape index (κ3) is 3.06. The van der Waals surface area contributed by atoms with Gasteiger partial charge in [0.2, 0.25) is 0 Å². The first kappa shape index (κ1) is 15.9. The minimum absolute atomic E-state index is 0.00608. The zero-order valence-corrected chi connectivity index (χ0v) is 13.6. The number of aromatic nitrogens is 2. The topological polar surface area (TPSA) is 61.2 Å². The van der Waals surface area contributed by atoms with E-state index in [4.69, 9.17) is 16.3 Å². The molecule has 21 heavy (non-hydrogen) atoms. The molecule has 0 saturated carbocycles. The van der Waals surface area contributed by atoms with E-state index in [1.54, 1.807) is 0 Å². The van der Waals surface area contributed by atoms with Crippen LogP contribution in [0.15, 0.2) is 35.5 Å². The van der Waals surface area contributed by atoms with Crippen LogP contribution in [0, 0.1) is 0 Å². The molecule has 0 spiro atoms. The van der Waals surface area contributed by atoms with Crippen molar-refractivity contribution < 1.29 is 13.2 Å². The van der Waals surface area contributed by atoms with Crippen molar-refractivity contribution in [2.75, 3.05) is 6.61 Å². The normalized spacial score (nSPS) is 11.9. The first-order valence-electron chi connectivity index (χ1n) is 6.59.